The fraction of sp³-hybridized carbons (Fsp3) is 0.381. The lowest BCUT2D eigenvalue weighted by Gasteiger charge is -2.26. The van der Waals surface area contributed by atoms with Crippen LogP contribution < -0.4 is 5.32 Å². The molecule has 0 aliphatic heterocycles. The molecule has 0 saturated heterocycles. The lowest BCUT2D eigenvalue weighted by atomic mass is 9.94. The van der Waals surface area contributed by atoms with E-state index in [0.717, 1.165) is 36.9 Å². The number of aliphatic hydroxyl groups is 1. The van der Waals surface area contributed by atoms with Crippen LogP contribution in [0.15, 0.2) is 42.6 Å². The van der Waals surface area contributed by atoms with E-state index in [1.165, 1.54) is 0 Å². The molecule has 2 N–H and O–H groups in total. The lowest BCUT2D eigenvalue weighted by Crippen LogP contribution is -2.42. The average molecular weight is 399 g/mol. The molecule has 1 amide bonds. The van der Waals surface area contributed by atoms with Crippen molar-refractivity contribution in [2.75, 3.05) is 6.54 Å². The van der Waals surface area contributed by atoms with E-state index in [-0.39, 0.29) is 12.5 Å². The molecule has 4 rings (SSSR count). The van der Waals surface area contributed by atoms with Crippen LogP contribution in [0.5, 0.6) is 0 Å². The first-order chi connectivity index (χ1) is 13.6. The second-order valence-electron chi connectivity index (χ2n) is 7.47. The third-order valence-corrected chi connectivity index (χ3v) is 5.72. The molecule has 28 heavy (non-hydrogen) atoms. The molecule has 0 bridgehead atoms. The lowest BCUT2D eigenvalue weighted by molar-refractivity contribution is 0.0246. The minimum atomic E-state index is -0.834. The Bertz CT molecular complexity index is 993. The van der Waals surface area contributed by atoms with Crippen LogP contribution in [0.2, 0.25) is 5.02 Å². The maximum Gasteiger partial charge on any atom is 0.252 e. The maximum absolute atomic E-state index is 12.8. The molecule has 3 aromatic rings. The summed E-state index contributed by atoms with van der Waals surface area (Å²) in [4.78, 5) is 12.8. The molecule has 1 aromatic carbocycles. The van der Waals surface area contributed by atoms with E-state index < -0.39 is 5.60 Å². The summed E-state index contributed by atoms with van der Waals surface area (Å²) in [5.74, 6) is 0.349. The molecule has 6 nitrogen and oxygen atoms in total. The first kappa shape index (κ1) is 18.9. The highest BCUT2D eigenvalue weighted by Crippen LogP contribution is 2.27. The SMILES string of the molecule is O=C(NCC1(O)CCCCCC1)c1cc(-c2nnc3ccccn23)ccc1Cl. The smallest absolute Gasteiger partial charge is 0.252 e. The largest absolute Gasteiger partial charge is 0.388 e. The van der Waals surface area contributed by atoms with Crippen molar-refractivity contribution in [2.45, 2.75) is 44.1 Å². The number of hydrogen-bond acceptors (Lipinski definition) is 4. The predicted octanol–water partition coefficient (Wildman–Crippen LogP) is 3.86. The monoisotopic (exact) mass is 398 g/mol. The number of aromatic nitrogens is 3. The standard InChI is InChI=1S/C21H23ClN4O2/c22-17-9-8-15(19-25-24-18-7-3-6-12-26(18)19)13-16(17)20(27)23-14-21(28)10-4-1-2-5-11-21/h3,6-9,12-13,28H,1-2,4-5,10-11,14H2,(H,23,27). The summed E-state index contributed by atoms with van der Waals surface area (Å²) in [6.07, 6.45) is 7.55. The fourth-order valence-electron chi connectivity index (χ4n) is 3.78. The van der Waals surface area contributed by atoms with Gasteiger partial charge in [-0.2, -0.15) is 0 Å². The van der Waals surface area contributed by atoms with Gasteiger partial charge in [0, 0.05) is 18.3 Å². The molecule has 2 heterocycles. The Morgan fingerprint density at radius 2 is 1.93 bits per heavy atom. The third-order valence-electron chi connectivity index (χ3n) is 5.40. The Balaban J connectivity index is 1.56. The summed E-state index contributed by atoms with van der Waals surface area (Å²) in [5.41, 5.74) is 1.01. The molecule has 7 heteroatoms. The van der Waals surface area contributed by atoms with Gasteiger partial charge in [0.15, 0.2) is 11.5 Å². The summed E-state index contributed by atoms with van der Waals surface area (Å²) in [6.45, 7) is 0.236. The van der Waals surface area contributed by atoms with Gasteiger partial charge in [-0.1, -0.05) is 43.4 Å². The van der Waals surface area contributed by atoms with Gasteiger partial charge >= 0.3 is 0 Å². The van der Waals surface area contributed by atoms with Crippen LogP contribution in [0.4, 0.5) is 0 Å². The number of hydrogen-bond donors (Lipinski definition) is 2. The topological polar surface area (TPSA) is 79.5 Å². The number of carbonyl (C=O) groups excluding carboxylic acids is 1. The number of rotatable bonds is 4. The van der Waals surface area contributed by atoms with E-state index in [4.69, 9.17) is 11.6 Å². The maximum atomic E-state index is 12.8. The third kappa shape index (κ3) is 3.88. The van der Waals surface area contributed by atoms with Gasteiger partial charge in [-0.3, -0.25) is 9.20 Å². The molecule has 2 aromatic heterocycles. The van der Waals surface area contributed by atoms with Crippen molar-refractivity contribution in [3.63, 3.8) is 0 Å². The molecule has 0 spiro atoms. The van der Waals surface area contributed by atoms with Gasteiger partial charge in [0.1, 0.15) is 0 Å². The van der Waals surface area contributed by atoms with Gasteiger partial charge in [-0.15, -0.1) is 10.2 Å². The zero-order chi connectivity index (χ0) is 19.6. The summed E-state index contributed by atoms with van der Waals surface area (Å²) in [6, 6.07) is 10.9. The molecule has 1 aliphatic carbocycles. The zero-order valence-corrected chi connectivity index (χ0v) is 16.3. The first-order valence-corrected chi connectivity index (χ1v) is 10.0. The number of amides is 1. The molecule has 0 unspecified atom stereocenters. The normalized spacial score (nSPS) is 16.6. The summed E-state index contributed by atoms with van der Waals surface area (Å²) >= 11 is 6.29. The second-order valence-corrected chi connectivity index (χ2v) is 7.88. The molecule has 146 valence electrons. The summed E-state index contributed by atoms with van der Waals surface area (Å²) < 4.78 is 1.86. The quantitative estimate of drug-likeness (QED) is 0.654. The Hall–Kier alpha value is -2.44. The van der Waals surface area contributed by atoms with E-state index in [9.17, 15) is 9.90 Å². The van der Waals surface area contributed by atoms with Gasteiger partial charge in [0.2, 0.25) is 0 Å². The molecule has 1 saturated carbocycles. The first-order valence-electron chi connectivity index (χ1n) is 9.66. The van der Waals surface area contributed by atoms with Gasteiger partial charge < -0.3 is 10.4 Å². The van der Waals surface area contributed by atoms with E-state index in [2.05, 4.69) is 15.5 Å². The number of fused-ring (bicyclic) bond motifs is 1. The van der Waals surface area contributed by atoms with Crippen LogP contribution in [-0.2, 0) is 0 Å². The molecule has 0 atom stereocenters. The molecular weight excluding hydrogens is 376 g/mol. The minimum absolute atomic E-state index is 0.236. The Kier molecular flexibility index (Phi) is 5.33. The zero-order valence-electron chi connectivity index (χ0n) is 15.6. The summed E-state index contributed by atoms with van der Waals surface area (Å²) in [5, 5.41) is 22.4. The van der Waals surface area contributed by atoms with Crippen molar-refractivity contribution in [3.05, 3.63) is 53.2 Å². The van der Waals surface area contributed by atoms with Gasteiger partial charge in [0.05, 0.1) is 16.2 Å². The minimum Gasteiger partial charge on any atom is -0.388 e. The average Bonchev–Trinajstić information content (AvgIpc) is 3.01. The van der Waals surface area contributed by atoms with Crippen molar-refractivity contribution >= 4 is 23.2 Å². The van der Waals surface area contributed by atoms with E-state index in [1.807, 2.05) is 34.9 Å². The van der Waals surface area contributed by atoms with Gasteiger partial charge in [0.25, 0.3) is 5.91 Å². The van der Waals surface area contributed by atoms with Crippen molar-refractivity contribution < 1.29 is 9.90 Å². The number of pyridine rings is 1. The van der Waals surface area contributed by atoms with Crippen LogP contribution in [-0.4, -0.2) is 37.8 Å². The second kappa shape index (κ2) is 7.89. The number of nitrogens with zero attached hydrogens (tertiary/aromatic N) is 3. The van der Waals surface area contributed by atoms with Crippen molar-refractivity contribution in [1.82, 2.24) is 19.9 Å². The van der Waals surface area contributed by atoms with Crippen LogP contribution in [0.1, 0.15) is 48.9 Å². The van der Waals surface area contributed by atoms with Crippen molar-refractivity contribution in [3.8, 4) is 11.4 Å². The van der Waals surface area contributed by atoms with Crippen LogP contribution in [0, 0.1) is 0 Å². The number of nitrogens with one attached hydrogen (secondary N) is 1. The molecule has 0 radical (unpaired) electrons. The molecular formula is C21H23ClN4O2. The molecule has 1 aliphatic rings. The highest BCUT2D eigenvalue weighted by atomic mass is 35.5. The van der Waals surface area contributed by atoms with Crippen LogP contribution >= 0.6 is 11.6 Å². The molecule has 1 fully saturated rings. The number of carbonyl (C=O) groups is 1. The van der Waals surface area contributed by atoms with E-state index >= 15 is 0 Å². The predicted molar refractivity (Wildman–Crippen MR) is 108 cm³/mol. The number of halogens is 1. The van der Waals surface area contributed by atoms with Crippen LogP contribution in [0.3, 0.4) is 0 Å². The Labute approximate surface area is 168 Å². The van der Waals surface area contributed by atoms with Gasteiger partial charge in [-0.25, -0.2) is 0 Å². The van der Waals surface area contributed by atoms with Crippen molar-refractivity contribution in [1.29, 1.82) is 0 Å². The number of benzene rings is 1. The Morgan fingerprint density at radius 1 is 1.14 bits per heavy atom. The van der Waals surface area contributed by atoms with E-state index in [0.29, 0.717) is 29.3 Å². The summed E-state index contributed by atoms with van der Waals surface area (Å²) in [7, 11) is 0. The highest BCUT2D eigenvalue weighted by Gasteiger charge is 2.28. The van der Waals surface area contributed by atoms with Gasteiger partial charge in [-0.05, 0) is 43.2 Å². The highest BCUT2D eigenvalue weighted by molar-refractivity contribution is 6.34. The Morgan fingerprint density at radius 3 is 2.71 bits per heavy atom. The van der Waals surface area contributed by atoms with Crippen LogP contribution in [0.25, 0.3) is 17.0 Å². The van der Waals surface area contributed by atoms with Crippen molar-refractivity contribution in [2.24, 2.45) is 0 Å². The fourth-order valence-corrected chi connectivity index (χ4v) is 3.98. The van der Waals surface area contributed by atoms with E-state index in [1.54, 1.807) is 12.1 Å².